The minimum Gasteiger partial charge on any atom is -0.328 e. The molecule has 1 saturated carbocycles. The first-order valence-corrected chi connectivity index (χ1v) is 6.40. The summed E-state index contributed by atoms with van der Waals surface area (Å²) < 4.78 is 0. The zero-order valence-electron chi connectivity index (χ0n) is 10.1. The van der Waals surface area contributed by atoms with Crippen molar-refractivity contribution in [3.8, 4) is 0 Å². The van der Waals surface area contributed by atoms with Crippen LogP contribution in [-0.4, -0.2) is 42.7 Å². The quantitative estimate of drug-likeness (QED) is 0.706. The summed E-state index contributed by atoms with van der Waals surface area (Å²) in [4.78, 5) is 2.65. The summed E-state index contributed by atoms with van der Waals surface area (Å²) in [6.07, 6.45) is 4.19. The maximum atomic E-state index is 5.86. The van der Waals surface area contributed by atoms with Crippen LogP contribution in [0.2, 0.25) is 0 Å². The summed E-state index contributed by atoms with van der Waals surface area (Å²) in [5.41, 5.74) is 5.86. The monoisotopic (exact) mass is 211 g/mol. The van der Waals surface area contributed by atoms with Crippen molar-refractivity contribution in [2.75, 3.05) is 19.6 Å². The topological polar surface area (TPSA) is 41.3 Å². The van der Waals surface area contributed by atoms with Crippen LogP contribution in [0.3, 0.4) is 0 Å². The molecule has 1 aliphatic carbocycles. The normalized spacial score (nSPS) is 31.8. The first-order valence-electron chi connectivity index (χ1n) is 6.40. The molecule has 0 spiro atoms. The Bertz CT molecular complexity index is 201. The highest BCUT2D eigenvalue weighted by Crippen LogP contribution is 2.29. The molecule has 0 radical (unpaired) electrons. The Balaban J connectivity index is 1.63. The van der Waals surface area contributed by atoms with E-state index in [2.05, 4.69) is 24.1 Å². The van der Waals surface area contributed by atoms with E-state index in [1.54, 1.807) is 0 Å². The molecule has 2 aliphatic rings. The molecule has 3 N–H and O–H groups in total. The van der Waals surface area contributed by atoms with E-state index in [9.17, 15) is 0 Å². The summed E-state index contributed by atoms with van der Waals surface area (Å²) >= 11 is 0. The lowest BCUT2D eigenvalue weighted by Gasteiger charge is -2.20. The fourth-order valence-electron chi connectivity index (χ4n) is 2.26. The molecule has 88 valence electrons. The lowest BCUT2D eigenvalue weighted by molar-refractivity contribution is 0.313. The van der Waals surface area contributed by atoms with Gasteiger partial charge in [0, 0.05) is 31.2 Å². The highest BCUT2D eigenvalue weighted by Gasteiger charge is 2.34. The van der Waals surface area contributed by atoms with Gasteiger partial charge in [0.15, 0.2) is 0 Å². The molecule has 1 heterocycles. The predicted molar refractivity (Wildman–Crippen MR) is 63.8 cm³/mol. The Morgan fingerprint density at radius 3 is 2.67 bits per heavy atom. The Morgan fingerprint density at radius 1 is 1.33 bits per heavy atom. The van der Waals surface area contributed by atoms with E-state index in [4.69, 9.17) is 5.73 Å². The molecular formula is C12H25N3. The minimum absolute atomic E-state index is 0.304. The molecule has 3 unspecified atom stereocenters. The van der Waals surface area contributed by atoms with Gasteiger partial charge in [0.1, 0.15) is 0 Å². The van der Waals surface area contributed by atoms with E-state index in [1.165, 1.54) is 32.4 Å². The van der Waals surface area contributed by atoms with Crippen LogP contribution in [0.15, 0.2) is 0 Å². The van der Waals surface area contributed by atoms with Gasteiger partial charge in [0.25, 0.3) is 0 Å². The Kier molecular flexibility index (Phi) is 3.65. The number of nitrogens with two attached hydrogens (primary N) is 1. The Morgan fingerprint density at radius 2 is 2.07 bits per heavy atom. The Hall–Kier alpha value is -0.120. The fourth-order valence-corrected chi connectivity index (χ4v) is 2.26. The van der Waals surface area contributed by atoms with Crippen LogP contribution in [-0.2, 0) is 0 Å². The zero-order valence-corrected chi connectivity index (χ0v) is 10.1. The van der Waals surface area contributed by atoms with Crippen molar-refractivity contribution in [2.24, 2.45) is 11.7 Å². The molecule has 0 aromatic heterocycles. The number of nitrogens with one attached hydrogen (secondary N) is 1. The van der Waals surface area contributed by atoms with Crippen molar-refractivity contribution in [1.29, 1.82) is 0 Å². The van der Waals surface area contributed by atoms with Crippen molar-refractivity contribution in [3.05, 3.63) is 0 Å². The molecule has 2 fully saturated rings. The minimum atomic E-state index is 0.304. The van der Waals surface area contributed by atoms with Gasteiger partial charge < -0.3 is 11.1 Å². The molecule has 1 aliphatic heterocycles. The summed E-state index contributed by atoms with van der Waals surface area (Å²) in [7, 11) is 0. The van der Waals surface area contributed by atoms with Crippen molar-refractivity contribution in [3.63, 3.8) is 0 Å². The summed E-state index contributed by atoms with van der Waals surface area (Å²) in [6.45, 7) is 7.95. The SMILES string of the molecule is CC(N)C(C)CNC1CCN(C2CC2)C1. The van der Waals surface area contributed by atoms with Gasteiger partial charge in [-0.05, 0) is 38.6 Å². The van der Waals surface area contributed by atoms with Crippen LogP contribution >= 0.6 is 0 Å². The van der Waals surface area contributed by atoms with Crippen LogP contribution in [0.1, 0.15) is 33.1 Å². The summed E-state index contributed by atoms with van der Waals surface area (Å²) in [6, 6.07) is 1.95. The van der Waals surface area contributed by atoms with Gasteiger partial charge in [-0.3, -0.25) is 4.90 Å². The van der Waals surface area contributed by atoms with E-state index >= 15 is 0 Å². The van der Waals surface area contributed by atoms with Crippen LogP contribution in [0, 0.1) is 5.92 Å². The van der Waals surface area contributed by atoms with Crippen molar-refractivity contribution < 1.29 is 0 Å². The third kappa shape index (κ3) is 3.16. The molecule has 2 rings (SSSR count). The molecule has 15 heavy (non-hydrogen) atoms. The largest absolute Gasteiger partial charge is 0.328 e. The molecule has 0 aromatic rings. The highest BCUT2D eigenvalue weighted by atomic mass is 15.2. The van der Waals surface area contributed by atoms with Gasteiger partial charge in [-0.25, -0.2) is 0 Å². The first kappa shape index (κ1) is 11.4. The second-order valence-electron chi connectivity index (χ2n) is 5.46. The second kappa shape index (κ2) is 4.81. The summed E-state index contributed by atoms with van der Waals surface area (Å²) in [5.74, 6) is 0.583. The maximum absolute atomic E-state index is 5.86. The van der Waals surface area contributed by atoms with Gasteiger partial charge >= 0.3 is 0 Å². The van der Waals surface area contributed by atoms with Crippen LogP contribution in [0.4, 0.5) is 0 Å². The van der Waals surface area contributed by atoms with Crippen LogP contribution < -0.4 is 11.1 Å². The standard InChI is InChI=1S/C12H25N3/c1-9(10(2)13)7-14-11-5-6-15(8-11)12-3-4-12/h9-12,14H,3-8,13H2,1-2H3. The average Bonchev–Trinajstić information content (AvgIpc) is 2.95. The number of rotatable bonds is 5. The maximum Gasteiger partial charge on any atom is 0.0207 e. The molecule has 0 amide bonds. The first-order chi connectivity index (χ1) is 7.16. The van der Waals surface area contributed by atoms with Gasteiger partial charge in [-0.15, -0.1) is 0 Å². The zero-order chi connectivity index (χ0) is 10.8. The number of hydrogen-bond acceptors (Lipinski definition) is 3. The second-order valence-corrected chi connectivity index (χ2v) is 5.46. The molecule has 1 saturated heterocycles. The van der Waals surface area contributed by atoms with Crippen LogP contribution in [0.25, 0.3) is 0 Å². The van der Waals surface area contributed by atoms with E-state index in [1.807, 2.05) is 0 Å². The van der Waals surface area contributed by atoms with Crippen molar-refractivity contribution in [1.82, 2.24) is 10.2 Å². The van der Waals surface area contributed by atoms with E-state index in [-0.39, 0.29) is 0 Å². The third-order valence-electron chi connectivity index (χ3n) is 3.91. The molecule has 3 atom stereocenters. The molecular weight excluding hydrogens is 186 g/mol. The van der Waals surface area contributed by atoms with Crippen molar-refractivity contribution in [2.45, 2.75) is 51.2 Å². The lowest BCUT2D eigenvalue weighted by Crippen LogP contribution is -2.39. The molecule has 3 nitrogen and oxygen atoms in total. The van der Waals surface area contributed by atoms with Gasteiger partial charge in [0.2, 0.25) is 0 Å². The number of likely N-dealkylation sites (tertiary alicyclic amines) is 1. The van der Waals surface area contributed by atoms with Crippen LogP contribution in [0.5, 0.6) is 0 Å². The highest BCUT2D eigenvalue weighted by molar-refractivity contribution is 4.92. The summed E-state index contributed by atoms with van der Waals surface area (Å²) in [5, 5.41) is 3.65. The predicted octanol–water partition coefficient (Wildman–Crippen LogP) is 0.796. The van der Waals surface area contributed by atoms with E-state index in [0.29, 0.717) is 18.0 Å². The van der Waals surface area contributed by atoms with Gasteiger partial charge in [0.05, 0.1) is 0 Å². The van der Waals surface area contributed by atoms with E-state index < -0.39 is 0 Å². The molecule has 0 aromatic carbocycles. The van der Waals surface area contributed by atoms with Gasteiger partial charge in [-0.2, -0.15) is 0 Å². The average molecular weight is 211 g/mol. The molecule has 3 heteroatoms. The lowest BCUT2D eigenvalue weighted by atomic mass is 10.0. The van der Waals surface area contributed by atoms with Crippen molar-refractivity contribution >= 4 is 0 Å². The fraction of sp³-hybridized carbons (Fsp3) is 1.00. The van der Waals surface area contributed by atoms with E-state index in [0.717, 1.165) is 12.6 Å². The molecule has 0 bridgehead atoms. The Labute approximate surface area is 93.4 Å². The number of hydrogen-bond donors (Lipinski definition) is 2. The smallest absolute Gasteiger partial charge is 0.0207 e. The number of nitrogens with zero attached hydrogens (tertiary/aromatic N) is 1. The van der Waals surface area contributed by atoms with Gasteiger partial charge in [-0.1, -0.05) is 6.92 Å². The third-order valence-corrected chi connectivity index (χ3v) is 3.91.